The smallest absolute Gasteiger partial charge is 0.255 e. The molecule has 0 bridgehead atoms. The Morgan fingerprint density at radius 2 is 1.84 bits per heavy atom. The number of hydrogen-bond acceptors (Lipinski definition) is 3. The third-order valence-corrected chi connectivity index (χ3v) is 5.40. The second kappa shape index (κ2) is 9.66. The predicted octanol–water partition coefficient (Wildman–Crippen LogP) is 4.71. The van der Waals surface area contributed by atoms with Gasteiger partial charge < -0.3 is 20.1 Å². The van der Waals surface area contributed by atoms with Crippen LogP contribution in [0.4, 0.5) is 4.39 Å². The number of aliphatic hydroxyl groups is 1. The highest BCUT2D eigenvalue weighted by Gasteiger charge is 2.19. The molecule has 1 amide bonds. The van der Waals surface area contributed by atoms with Gasteiger partial charge in [-0.15, -0.1) is 0 Å². The van der Waals surface area contributed by atoms with Crippen molar-refractivity contribution in [1.82, 2.24) is 10.3 Å². The van der Waals surface area contributed by atoms with Crippen molar-refractivity contribution in [2.75, 3.05) is 13.2 Å². The van der Waals surface area contributed by atoms with Crippen LogP contribution in [0.25, 0.3) is 22.0 Å². The fourth-order valence-electron chi connectivity index (χ4n) is 3.80. The maximum Gasteiger partial charge on any atom is 0.255 e. The molecule has 5 nitrogen and oxygen atoms in total. The summed E-state index contributed by atoms with van der Waals surface area (Å²) in [6.45, 7) is 2.06. The molecule has 1 unspecified atom stereocenters. The standard InChI is InChI=1S/C26H25FN2O3/c1-2-32-25-12-9-18(17-7-10-20(27)11-8-17)14-23(25)26(31)29-21(16-30)13-19-15-28-24-6-4-3-5-22(19)24/h3-12,14-15,21,28,30H,2,13,16H2,1H3,(H,29,31). The number of aromatic amines is 1. The van der Waals surface area contributed by atoms with Gasteiger partial charge in [-0.1, -0.05) is 36.4 Å². The lowest BCUT2D eigenvalue weighted by Crippen LogP contribution is -2.39. The number of ether oxygens (including phenoxy) is 1. The number of H-pyrrole nitrogens is 1. The highest BCUT2D eigenvalue weighted by molar-refractivity contribution is 5.98. The second-order valence-electron chi connectivity index (χ2n) is 7.57. The van der Waals surface area contributed by atoms with E-state index < -0.39 is 6.04 Å². The Kier molecular flexibility index (Phi) is 6.52. The van der Waals surface area contributed by atoms with Crippen LogP contribution in [0.2, 0.25) is 0 Å². The number of amides is 1. The first-order chi connectivity index (χ1) is 15.6. The lowest BCUT2D eigenvalue weighted by atomic mass is 10.0. The summed E-state index contributed by atoms with van der Waals surface area (Å²) in [5.74, 6) is -0.198. The van der Waals surface area contributed by atoms with Gasteiger partial charge in [0.2, 0.25) is 0 Å². The van der Waals surface area contributed by atoms with Crippen LogP contribution in [-0.2, 0) is 6.42 Å². The summed E-state index contributed by atoms with van der Waals surface area (Å²) in [6, 6.07) is 18.9. The molecule has 0 aliphatic rings. The van der Waals surface area contributed by atoms with Crippen molar-refractivity contribution >= 4 is 16.8 Å². The molecule has 0 saturated heterocycles. The summed E-state index contributed by atoms with van der Waals surface area (Å²) >= 11 is 0. The number of rotatable bonds is 8. The highest BCUT2D eigenvalue weighted by atomic mass is 19.1. The van der Waals surface area contributed by atoms with Crippen LogP contribution in [0, 0.1) is 5.82 Å². The number of halogens is 1. The normalized spacial score (nSPS) is 12.0. The molecule has 3 N–H and O–H groups in total. The molecule has 3 aromatic carbocycles. The van der Waals surface area contributed by atoms with E-state index in [9.17, 15) is 14.3 Å². The minimum atomic E-state index is -0.467. The van der Waals surface area contributed by atoms with E-state index >= 15 is 0 Å². The molecule has 0 aliphatic heterocycles. The minimum Gasteiger partial charge on any atom is -0.493 e. The van der Waals surface area contributed by atoms with Gasteiger partial charge in [-0.3, -0.25) is 4.79 Å². The van der Waals surface area contributed by atoms with Crippen molar-refractivity contribution in [3.05, 3.63) is 89.9 Å². The molecule has 0 saturated carbocycles. The van der Waals surface area contributed by atoms with Crippen molar-refractivity contribution in [3.8, 4) is 16.9 Å². The van der Waals surface area contributed by atoms with E-state index in [1.165, 1.54) is 12.1 Å². The van der Waals surface area contributed by atoms with Crippen LogP contribution in [0.1, 0.15) is 22.8 Å². The maximum absolute atomic E-state index is 13.3. The molecule has 0 spiro atoms. The number of fused-ring (bicyclic) bond motifs is 1. The Balaban J connectivity index is 1.58. The molecular formula is C26H25FN2O3. The van der Waals surface area contributed by atoms with Gasteiger partial charge in [0.25, 0.3) is 5.91 Å². The molecule has 32 heavy (non-hydrogen) atoms. The summed E-state index contributed by atoms with van der Waals surface area (Å²) in [6.07, 6.45) is 2.38. The van der Waals surface area contributed by atoms with Gasteiger partial charge in [-0.2, -0.15) is 0 Å². The van der Waals surface area contributed by atoms with Crippen LogP contribution in [0.3, 0.4) is 0 Å². The van der Waals surface area contributed by atoms with Crippen molar-refractivity contribution in [2.24, 2.45) is 0 Å². The Labute approximate surface area is 185 Å². The number of benzene rings is 3. The van der Waals surface area contributed by atoms with Crippen molar-refractivity contribution < 1.29 is 19.0 Å². The van der Waals surface area contributed by atoms with Gasteiger partial charge in [0.1, 0.15) is 11.6 Å². The summed E-state index contributed by atoms with van der Waals surface area (Å²) in [4.78, 5) is 16.4. The summed E-state index contributed by atoms with van der Waals surface area (Å²) in [7, 11) is 0. The second-order valence-corrected chi connectivity index (χ2v) is 7.57. The lowest BCUT2D eigenvalue weighted by molar-refractivity contribution is 0.0913. The SMILES string of the molecule is CCOc1ccc(-c2ccc(F)cc2)cc1C(=O)NC(CO)Cc1c[nH]c2ccccc12. The molecular weight excluding hydrogens is 407 g/mol. The number of aromatic nitrogens is 1. The van der Waals surface area contributed by atoms with Crippen molar-refractivity contribution in [3.63, 3.8) is 0 Å². The molecule has 0 aliphatic carbocycles. The van der Waals surface area contributed by atoms with E-state index in [1.807, 2.05) is 43.5 Å². The van der Waals surface area contributed by atoms with E-state index in [0.717, 1.165) is 27.6 Å². The predicted molar refractivity (Wildman–Crippen MR) is 123 cm³/mol. The number of carbonyl (C=O) groups is 1. The van der Waals surface area contributed by atoms with E-state index in [0.29, 0.717) is 24.3 Å². The number of aliphatic hydroxyl groups excluding tert-OH is 1. The third kappa shape index (κ3) is 4.65. The fourth-order valence-corrected chi connectivity index (χ4v) is 3.80. The molecule has 4 aromatic rings. The Hall–Kier alpha value is -3.64. The monoisotopic (exact) mass is 432 g/mol. The molecule has 1 atom stereocenters. The molecule has 0 fully saturated rings. The van der Waals surface area contributed by atoms with Crippen LogP contribution in [0.5, 0.6) is 5.75 Å². The molecule has 0 radical (unpaired) electrons. The number of para-hydroxylation sites is 1. The number of hydrogen-bond donors (Lipinski definition) is 3. The Morgan fingerprint density at radius 1 is 1.09 bits per heavy atom. The van der Waals surface area contributed by atoms with Gasteiger partial charge in [0, 0.05) is 17.1 Å². The first-order valence-corrected chi connectivity index (χ1v) is 10.6. The quantitative estimate of drug-likeness (QED) is 0.378. The topological polar surface area (TPSA) is 74.3 Å². The zero-order chi connectivity index (χ0) is 22.5. The summed E-state index contributed by atoms with van der Waals surface area (Å²) in [5, 5.41) is 13.9. The highest BCUT2D eigenvalue weighted by Crippen LogP contribution is 2.27. The molecule has 164 valence electrons. The van der Waals surface area contributed by atoms with E-state index in [-0.39, 0.29) is 18.3 Å². The zero-order valence-electron chi connectivity index (χ0n) is 17.8. The Bertz CT molecular complexity index is 1220. The largest absolute Gasteiger partial charge is 0.493 e. The third-order valence-electron chi connectivity index (χ3n) is 5.40. The van der Waals surface area contributed by atoms with Gasteiger partial charge in [-0.25, -0.2) is 4.39 Å². The van der Waals surface area contributed by atoms with Crippen LogP contribution in [0.15, 0.2) is 72.9 Å². The van der Waals surface area contributed by atoms with E-state index in [4.69, 9.17) is 4.74 Å². The molecule has 1 aromatic heterocycles. The van der Waals surface area contributed by atoms with Crippen molar-refractivity contribution in [2.45, 2.75) is 19.4 Å². The van der Waals surface area contributed by atoms with Crippen LogP contribution < -0.4 is 10.1 Å². The fraction of sp³-hybridized carbons (Fsp3) is 0.192. The van der Waals surface area contributed by atoms with Crippen LogP contribution >= 0.6 is 0 Å². The zero-order valence-corrected chi connectivity index (χ0v) is 17.8. The van der Waals surface area contributed by atoms with Gasteiger partial charge >= 0.3 is 0 Å². The van der Waals surface area contributed by atoms with Crippen LogP contribution in [-0.4, -0.2) is 35.3 Å². The van der Waals surface area contributed by atoms with Gasteiger partial charge in [0.15, 0.2) is 0 Å². The molecule has 6 heteroatoms. The van der Waals surface area contributed by atoms with E-state index in [2.05, 4.69) is 10.3 Å². The number of nitrogens with one attached hydrogen (secondary N) is 2. The Morgan fingerprint density at radius 3 is 2.59 bits per heavy atom. The lowest BCUT2D eigenvalue weighted by Gasteiger charge is -2.18. The van der Waals surface area contributed by atoms with E-state index in [1.54, 1.807) is 24.3 Å². The summed E-state index contributed by atoms with van der Waals surface area (Å²) in [5.41, 5.74) is 3.96. The molecule has 1 heterocycles. The van der Waals surface area contributed by atoms with Crippen molar-refractivity contribution in [1.29, 1.82) is 0 Å². The van der Waals surface area contributed by atoms with Gasteiger partial charge in [0.05, 0.1) is 24.8 Å². The first kappa shape index (κ1) is 21.6. The summed E-state index contributed by atoms with van der Waals surface area (Å²) < 4.78 is 19.0. The van der Waals surface area contributed by atoms with Gasteiger partial charge in [-0.05, 0) is 60.4 Å². The minimum absolute atomic E-state index is 0.202. The molecule has 4 rings (SSSR count). The average molecular weight is 432 g/mol. The number of carbonyl (C=O) groups excluding carboxylic acids is 1. The average Bonchev–Trinajstić information content (AvgIpc) is 3.22. The first-order valence-electron chi connectivity index (χ1n) is 10.6. The maximum atomic E-state index is 13.3.